The largest absolute Gasteiger partial charge is 0.399 e. The second-order valence-electron chi connectivity index (χ2n) is 5.27. The van der Waals surface area contributed by atoms with Gasteiger partial charge in [0.1, 0.15) is 0 Å². The predicted octanol–water partition coefficient (Wildman–Crippen LogP) is 2.81. The first-order valence-electron chi connectivity index (χ1n) is 6.76. The summed E-state index contributed by atoms with van der Waals surface area (Å²) in [7, 11) is 1.89. The molecule has 0 heterocycles. The fourth-order valence-electron chi connectivity index (χ4n) is 2.70. The van der Waals surface area contributed by atoms with Gasteiger partial charge in [0.25, 0.3) is 0 Å². The summed E-state index contributed by atoms with van der Waals surface area (Å²) >= 11 is 0. The topological polar surface area (TPSA) is 46.3 Å². The van der Waals surface area contributed by atoms with Crippen LogP contribution in [0.3, 0.4) is 0 Å². The molecule has 1 aromatic carbocycles. The predicted molar refractivity (Wildman–Crippen MR) is 73.9 cm³/mol. The van der Waals surface area contributed by atoms with E-state index >= 15 is 0 Å². The van der Waals surface area contributed by atoms with Crippen LogP contribution in [0.25, 0.3) is 0 Å². The van der Waals surface area contributed by atoms with Crippen molar-refractivity contribution in [3.8, 4) is 0 Å². The van der Waals surface area contributed by atoms with Crippen LogP contribution < -0.4 is 5.73 Å². The van der Waals surface area contributed by atoms with E-state index < -0.39 is 0 Å². The van der Waals surface area contributed by atoms with Crippen molar-refractivity contribution in [3.05, 3.63) is 29.8 Å². The van der Waals surface area contributed by atoms with Gasteiger partial charge in [-0.05, 0) is 30.5 Å². The zero-order valence-electron chi connectivity index (χ0n) is 11.1. The van der Waals surface area contributed by atoms with Crippen molar-refractivity contribution in [1.82, 2.24) is 4.90 Å². The quantitative estimate of drug-likeness (QED) is 0.834. The van der Waals surface area contributed by atoms with Gasteiger partial charge in [0, 0.05) is 25.2 Å². The molecule has 1 aliphatic rings. The Hall–Kier alpha value is -1.51. The van der Waals surface area contributed by atoms with Crippen LogP contribution in [0.4, 0.5) is 5.69 Å². The third-order valence-corrected chi connectivity index (χ3v) is 3.70. The summed E-state index contributed by atoms with van der Waals surface area (Å²) in [6.45, 7) is 0.653. The third kappa shape index (κ3) is 3.25. The number of hydrogen-bond donors (Lipinski definition) is 1. The first-order chi connectivity index (χ1) is 8.66. The van der Waals surface area contributed by atoms with Gasteiger partial charge < -0.3 is 10.6 Å². The second kappa shape index (κ2) is 5.89. The molecule has 1 saturated carbocycles. The lowest BCUT2D eigenvalue weighted by molar-refractivity contribution is -0.135. The van der Waals surface area contributed by atoms with Gasteiger partial charge in [0.2, 0.25) is 5.91 Å². The van der Waals surface area contributed by atoms with Crippen molar-refractivity contribution < 1.29 is 4.79 Å². The zero-order valence-corrected chi connectivity index (χ0v) is 11.1. The fraction of sp³-hybridized carbons (Fsp3) is 0.533. The van der Waals surface area contributed by atoms with Crippen LogP contribution in [0.15, 0.2) is 24.3 Å². The molecule has 3 nitrogen and oxygen atoms in total. The normalized spacial score (nSPS) is 16.5. The Kier molecular flexibility index (Phi) is 4.24. The van der Waals surface area contributed by atoms with Gasteiger partial charge in [0.15, 0.2) is 0 Å². The maximum atomic E-state index is 12.3. The summed E-state index contributed by atoms with van der Waals surface area (Å²) in [6.07, 6.45) is 5.79. The van der Waals surface area contributed by atoms with Crippen molar-refractivity contribution >= 4 is 11.6 Å². The average molecular weight is 246 g/mol. The van der Waals surface area contributed by atoms with E-state index in [2.05, 4.69) is 0 Å². The first kappa shape index (κ1) is 12.9. The SMILES string of the molecule is CN(Cc1cccc(N)c1)C(=O)C1CCCCC1. The molecule has 0 spiro atoms. The summed E-state index contributed by atoms with van der Waals surface area (Å²) in [5.74, 6) is 0.530. The van der Waals surface area contributed by atoms with Crippen LogP contribution in [0, 0.1) is 5.92 Å². The number of anilines is 1. The number of benzene rings is 1. The summed E-state index contributed by atoms with van der Waals surface area (Å²) in [5.41, 5.74) is 7.60. The molecule has 1 aliphatic carbocycles. The molecule has 0 unspecified atom stereocenters. The Balaban J connectivity index is 1.94. The Morgan fingerprint density at radius 1 is 1.33 bits per heavy atom. The van der Waals surface area contributed by atoms with Crippen LogP contribution in [0.1, 0.15) is 37.7 Å². The highest BCUT2D eigenvalue weighted by Gasteiger charge is 2.23. The third-order valence-electron chi connectivity index (χ3n) is 3.70. The van der Waals surface area contributed by atoms with Crippen molar-refractivity contribution in [2.45, 2.75) is 38.6 Å². The van der Waals surface area contributed by atoms with Crippen molar-refractivity contribution in [2.24, 2.45) is 5.92 Å². The molecule has 1 aromatic rings. The molecule has 1 fully saturated rings. The highest BCUT2D eigenvalue weighted by Crippen LogP contribution is 2.25. The number of nitrogens with two attached hydrogens (primary N) is 1. The first-order valence-corrected chi connectivity index (χ1v) is 6.76. The van der Waals surface area contributed by atoms with Gasteiger partial charge in [-0.3, -0.25) is 4.79 Å². The average Bonchev–Trinajstić information content (AvgIpc) is 2.39. The van der Waals surface area contributed by atoms with Crippen LogP contribution >= 0.6 is 0 Å². The molecule has 0 atom stereocenters. The molecule has 1 amide bonds. The molecular formula is C15H22N2O. The molecular weight excluding hydrogens is 224 g/mol. The number of nitrogens with zero attached hydrogens (tertiary/aromatic N) is 1. The van der Waals surface area contributed by atoms with Gasteiger partial charge in [-0.15, -0.1) is 0 Å². The fourth-order valence-corrected chi connectivity index (χ4v) is 2.70. The number of carbonyl (C=O) groups is 1. The molecule has 98 valence electrons. The maximum absolute atomic E-state index is 12.3. The molecule has 18 heavy (non-hydrogen) atoms. The molecule has 0 aliphatic heterocycles. The molecule has 2 rings (SSSR count). The summed E-state index contributed by atoms with van der Waals surface area (Å²) in [6, 6.07) is 7.75. The Labute approximate surface area is 109 Å². The van der Waals surface area contributed by atoms with Crippen molar-refractivity contribution in [1.29, 1.82) is 0 Å². The number of carbonyl (C=O) groups excluding carboxylic acids is 1. The van der Waals surface area contributed by atoms with E-state index in [-0.39, 0.29) is 11.8 Å². The molecule has 0 radical (unpaired) electrons. The van der Waals surface area contributed by atoms with Crippen LogP contribution in [0.5, 0.6) is 0 Å². The molecule has 0 bridgehead atoms. The number of rotatable bonds is 3. The van der Waals surface area contributed by atoms with Crippen molar-refractivity contribution in [3.63, 3.8) is 0 Å². The maximum Gasteiger partial charge on any atom is 0.225 e. The lowest BCUT2D eigenvalue weighted by Crippen LogP contribution is -2.33. The summed E-state index contributed by atoms with van der Waals surface area (Å²) < 4.78 is 0. The van der Waals surface area contributed by atoms with E-state index in [0.29, 0.717) is 6.54 Å². The lowest BCUT2D eigenvalue weighted by Gasteiger charge is -2.26. The van der Waals surface area contributed by atoms with E-state index in [1.165, 1.54) is 19.3 Å². The number of nitrogen functional groups attached to an aromatic ring is 1. The smallest absolute Gasteiger partial charge is 0.225 e. The minimum atomic E-state index is 0.241. The minimum Gasteiger partial charge on any atom is -0.399 e. The summed E-state index contributed by atoms with van der Waals surface area (Å²) in [5, 5.41) is 0. The van der Waals surface area contributed by atoms with Gasteiger partial charge >= 0.3 is 0 Å². The van der Waals surface area contributed by atoms with E-state index in [1.54, 1.807) is 0 Å². The van der Waals surface area contributed by atoms with Crippen LogP contribution in [0.2, 0.25) is 0 Å². The van der Waals surface area contributed by atoms with E-state index in [0.717, 1.165) is 24.1 Å². The van der Waals surface area contributed by atoms with E-state index in [9.17, 15) is 4.79 Å². The standard InChI is InChI=1S/C15H22N2O/c1-17(11-12-6-5-9-14(16)10-12)15(18)13-7-3-2-4-8-13/h5-6,9-10,13H,2-4,7-8,11,16H2,1H3. The van der Waals surface area contributed by atoms with E-state index in [1.807, 2.05) is 36.2 Å². The second-order valence-corrected chi connectivity index (χ2v) is 5.27. The van der Waals surface area contributed by atoms with Gasteiger partial charge in [0.05, 0.1) is 0 Å². The highest BCUT2D eigenvalue weighted by molar-refractivity contribution is 5.78. The van der Waals surface area contributed by atoms with Gasteiger partial charge in [-0.2, -0.15) is 0 Å². The van der Waals surface area contributed by atoms with Crippen LogP contribution in [-0.4, -0.2) is 17.9 Å². The summed E-state index contributed by atoms with van der Waals surface area (Å²) in [4.78, 5) is 14.1. The Morgan fingerprint density at radius 3 is 2.72 bits per heavy atom. The Morgan fingerprint density at radius 2 is 2.06 bits per heavy atom. The molecule has 2 N–H and O–H groups in total. The number of amides is 1. The highest BCUT2D eigenvalue weighted by atomic mass is 16.2. The Bertz CT molecular complexity index is 411. The van der Waals surface area contributed by atoms with E-state index in [4.69, 9.17) is 5.73 Å². The van der Waals surface area contributed by atoms with Gasteiger partial charge in [-0.25, -0.2) is 0 Å². The minimum absolute atomic E-state index is 0.241. The molecule has 3 heteroatoms. The van der Waals surface area contributed by atoms with Gasteiger partial charge in [-0.1, -0.05) is 31.4 Å². The molecule has 0 aromatic heterocycles. The monoisotopic (exact) mass is 246 g/mol. The molecule has 0 saturated heterocycles. The van der Waals surface area contributed by atoms with Crippen LogP contribution in [-0.2, 0) is 11.3 Å². The number of hydrogen-bond acceptors (Lipinski definition) is 2. The lowest BCUT2D eigenvalue weighted by atomic mass is 9.88. The van der Waals surface area contributed by atoms with Crippen molar-refractivity contribution in [2.75, 3.05) is 12.8 Å². The zero-order chi connectivity index (χ0) is 13.0.